The van der Waals surface area contributed by atoms with Crippen LogP contribution in [0.1, 0.15) is 75.9 Å². The second-order valence-corrected chi connectivity index (χ2v) is 19.5. The van der Waals surface area contributed by atoms with Crippen molar-refractivity contribution in [2.45, 2.75) is 64.7 Å². The fourth-order valence-corrected chi connectivity index (χ4v) is 11.3. The van der Waals surface area contributed by atoms with Gasteiger partial charge in [0.05, 0.1) is 12.1 Å². The van der Waals surface area contributed by atoms with Gasteiger partial charge in [-0.2, -0.15) is 0 Å². The van der Waals surface area contributed by atoms with E-state index in [2.05, 4.69) is 47.5 Å². The summed E-state index contributed by atoms with van der Waals surface area (Å²) < 4.78 is 0. The van der Waals surface area contributed by atoms with Crippen LogP contribution in [0.15, 0.2) is 116 Å². The third-order valence-electron chi connectivity index (χ3n) is 10.9. The van der Waals surface area contributed by atoms with Crippen LogP contribution in [0.2, 0.25) is 20.4 Å². The molecule has 1 N–H and O–H groups in total. The molecule has 2 aromatic heterocycles. The number of likely N-dealkylation sites (N-methyl/N-ethyl adjacent to an activating group) is 1. The van der Waals surface area contributed by atoms with Gasteiger partial charge in [-0.15, -0.1) is 0 Å². The monoisotopic (exact) mass is 921 g/mol. The zero-order chi connectivity index (χ0) is 43.4. The number of allylic oxidation sites excluding steroid dienone is 2. The Kier molecular flexibility index (Phi) is 12.5. The van der Waals surface area contributed by atoms with Crippen LogP contribution in [0.25, 0.3) is 0 Å². The van der Waals surface area contributed by atoms with Gasteiger partial charge in [-0.1, -0.05) is 110 Å². The summed E-state index contributed by atoms with van der Waals surface area (Å²) in [6, 6.07) is 22.4. The highest BCUT2D eigenvalue weighted by Crippen LogP contribution is 2.57. The molecule has 10 nitrogen and oxygen atoms in total. The van der Waals surface area contributed by atoms with E-state index in [-0.39, 0.29) is 29.8 Å². The van der Waals surface area contributed by atoms with Crippen LogP contribution in [0.5, 0.6) is 0 Å². The molecule has 60 heavy (non-hydrogen) atoms. The quantitative estimate of drug-likeness (QED) is 0.173. The Labute approximate surface area is 378 Å². The lowest BCUT2D eigenvalue weighted by Gasteiger charge is -2.37. The first-order chi connectivity index (χ1) is 28.3. The number of carboxylic acid groups (broad SMARTS) is 1. The van der Waals surface area contributed by atoms with Crippen molar-refractivity contribution in [1.29, 1.82) is 0 Å². The van der Waals surface area contributed by atoms with Gasteiger partial charge < -0.3 is 19.8 Å². The highest BCUT2D eigenvalue weighted by atomic mass is 35.5. The maximum atomic E-state index is 13.0. The zero-order valence-corrected chi connectivity index (χ0v) is 38.8. The van der Waals surface area contributed by atoms with Crippen molar-refractivity contribution >= 4 is 92.1 Å². The number of carbonyl (C=O) groups excluding carboxylic acids is 1. The minimum atomic E-state index is -0.933. The maximum Gasteiger partial charge on any atom is 0.344 e. The molecule has 0 bridgehead atoms. The predicted molar refractivity (Wildman–Crippen MR) is 245 cm³/mol. The fraction of sp³-hybridized carbons (Fsp3) is 0.318. The summed E-state index contributed by atoms with van der Waals surface area (Å²) >= 11 is 27.0. The SMILES string of the molecule is CC(C)C1=C(C(=O)N(C)C)SC2=N[C@@](C)(c3ccc(Cl)cc3)[C@@H](c3ccc(Cl)nc3)N21.CC(C)C1=C(C(=O)O)SC2=N[C@@](C)(c3ccc(Cl)cc3)[C@@H](c3ccc(Cl)nc3)N21. The van der Waals surface area contributed by atoms with Crippen LogP contribution in [-0.4, -0.2) is 66.1 Å². The van der Waals surface area contributed by atoms with Gasteiger partial charge in [-0.05, 0) is 108 Å². The maximum absolute atomic E-state index is 13.0. The molecule has 0 saturated carbocycles. The number of aliphatic imine (C=N–C) groups is 2. The van der Waals surface area contributed by atoms with Crippen LogP contribution in [0.3, 0.4) is 0 Å². The number of halogens is 4. The second kappa shape index (κ2) is 17.0. The number of amidine groups is 2. The normalized spacial score (nSPS) is 23.2. The number of benzene rings is 2. The lowest BCUT2D eigenvalue weighted by molar-refractivity contribution is -0.132. The number of hydrogen-bond donors (Lipinski definition) is 1. The Balaban J connectivity index is 0.000000182. The number of carbonyl (C=O) groups is 2. The van der Waals surface area contributed by atoms with Gasteiger partial charge in [-0.3, -0.25) is 4.79 Å². The Morgan fingerprint density at radius 1 is 0.650 bits per heavy atom. The lowest BCUT2D eigenvalue weighted by atomic mass is 9.81. The minimum Gasteiger partial charge on any atom is -0.477 e. The Morgan fingerprint density at radius 3 is 1.37 bits per heavy atom. The molecule has 2 aromatic carbocycles. The molecule has 0 saturated heterocycles. The fourth-order valence-electron chi connectivity index (χ4n) is 8.14. The van der Waals surface area contributed by atoms with Crippen LogP contribution < -0.4 is 0 Å². The van der Waals surface area contributed by atoms with Crippen molar-refractivity contribution in [1.82, 2.24) is 24.7 Å². The van der Waals surface area contributed by atoms with Crippen LogP contribution in [0, 0.1) is 11.8 Å². The summed E-state index contributed by atoms with van der Waals surface area (Å²) in [4.78, 5) is 50.6. The Hall–Kier alpha value is -4.04. The molecule has 4 aliphatic heterocycles. The standard InChI is InChI=1S/C23H24Cl2N4OS.C21H19Cl2N3O2S/c1-13(2)18-19(21(30)28(4)5)31-22-27-23(3,15-7-9-16(24)10-8-15)20(29(18)22)14-6-11-17(25)26-12-14;1-11(2)16-17(19(27)28)29-20-25-21(3,13-5-7-14(22)8-6-13)18(26(16)20)12-4-9-15(23)24-10-12/h6-13,20H,1-5H3;4-11,18H,1-3H3,(H,27,28)/t20-,23+;18-,21+/m11/s1. The number of aliphatic carboxylic acids is 1. The van der Waals surface area contributed by atoms with Gasteiger partial charge >= 0.3 is 5.97 Å². The van der Waals surface area contributed by atoms with Gasteiger partial charge in [0, 0.05) is 47.9 Å². The average Bonchev–Trinajstić information content (AvgIpc) is 3.91. The molecule has 4 atom stereocenters. The van der Waals surface area contributed by atoms with Crippen molar-refractivity contribution < 1.29 is 14.7 Å². The number of nitrogens with zero attached hydrogens (tertiary/aromatic N) is 7. The van der Waals surface area contributed by atoms with Crippen LogP contribution in [0.4, 0.5) is 0 Å². The molecule has 1 amide bonds. The van der Waals surface area contributed by atoms with Gasteiger partial charge in [0.1, 0.15) is 31.2 Å². The minimum absolute atomic E-state index is 0.00743. The van der Waals surface area contributed by atoms with E-state index in [4.69, 9.17) is 56.4 Å². The molecule has 0 radical (unpaired) electrons. The summed E-state index contributed by atoms with van der Waals surface area (Å²) in [5, 5.41) is 13.4. The number of amides is 1. The lowest BCUT2D eigenvalue weighted by Crippen LogP contribution is -2.36. The molecule has 0 fully saturated rings. The van der Waals surface area contributed by atoms with Gasteiger partial charge in [-0.25, -0.2) is 24.7 Å². The van der Waals surface area contributed by atoms with Gasteiger partial charge in [0.25, 0.3) is 5.91 Å². The predicted octanol–water partition coefficient (Wildman–Crippen LogP) is 11.4. The summed E-state index contributed by atoms with van der Waals surface area (Å²) in [5.41, 5.74) is 4.45. The second-order valence-electron chi connectivity index (χ2n) is 15.9. The first-order valence-corrected chi connectivity index (χ1v) is 22.3. The van der Waals surface area contributed by atoms with E-state index in [0.717, 1.165) is 43.7 Å². The van der Waals surface area contributed by atoms with E-state index in [1.807, 2.05) is 74.5 Å². The Morgan fingerprint density at radius 2 is 1.03 bits per heavy atom. The van der Waals surface area contributed by atoms with E-state index in [0.29, 0.717) is 30.4 Å². The van der Waals surface area contributed by atoms with E-state index < -0.39 is 17.0 Å². The van der Waals surface area contributed by atoms with Gasteiger partial charge in [0.2, 0.25) is 0 Å². The van der Waals surface area contributed by atoms with Crippen molar-refractivity contribution in [2.75, 3.05) is 14.1 Å². The van der Waals surface area contributed by atoms with E-state index >= 15 is 0 Å². The van der Waals surface area contributed by atoms with E-state index in [1.54, 1.807) is 43.5 Å². The topological polar surface area (TPSA) is 115 Å². The molecule has 8 rings (SSSR count). The highest BCUT2D eigenvalue weighted by molar-refractivity contribution is 8.18. The smallest absolute Gasteiger partial charge is 0.344 e. The average molecular weight is 924 g/mol. The molecular weight excluding hydrogens is 880 g/mol. The number of carboxylic acids is 1. The molecule has 0 aliphatic carbocycles. The van der Waals surface area contributed by atoms with E-state index in [9.17, 15) is 14.7 Å². The number of aromatic nitrogens is 2. The summed E-state index contributed by atoms with van der Waals surface area (Å²) in [5.74, 6) is -0.796. The molecule has 312 valence electrons. The van der Waals surface area contributed by atoms with E-state index in [1.165, 1.54) is 23.5 Å². The first-order valence-electron chi connectivity index (χ1n) is 19.2. The zero-order valence-electron chi connectivity index (χ0n) is 34.1. The van der Waals surface area contributed by atoms with Crippen molar-refractivity contribution in [3.05, 3.63) is 149 Å². The molecule has 4 aromatic rings. The number of hydrogen-bond acceptors (Lipinski definition) is 10. The highest BCUT2D eigenvalue weighted by Gasteiger charge is 2.55. The first kappa shape index (κ1) is 44.0. The van der Waals surface area contributed by atoms with Crippen LogP contribution in [-0.2, 0) is 20.7 Å². The van der Waals surface area contributed by atoms with Crippen molar-refractivity contribution in [2.24, 2.45) is 21.8 Å². The molecule has 4 aliphatic rings. The summed E-state index contributed by atoms with van der Waals surface area (Å²) in [6.07, 6.45) is 3.54. The number of rotatable bonds is 8. The van der Waals surface area contributed by atoms with Crippen molar-refractivity contribution in [3.63, 3.8) is 0 Å². The number of thioether (sulfide) groups is 2. The summed E-state index contributed by atoms with van der Waals surface area (Å²) in [6.45, 7) is 12.4. The molecule has 6 heterocycles. The molecular formula is C44H43Cl4N7O3S2. The Bertz CT molecular complexity index is 2460. The molecule has 0 unspecified atom stereocenters. The molecule has 16 heteroatoms. The van der Waals surface area contributed by atoms with Gasteiger partial charge in [0.15, 0.2) is 10.3 Å². The van der Waals surface area contributed by atoms with Crippen LogP contribution >= 0.6 is 69.9 Å². The van der Waals surface area contributed by atoms with Crippen molar-refractivity contribution in [3.8, 4) is 0 Å². The largest absolute Gasteiger partial charge is 0.477 e. The third-order valence-corrected chi connectivity index (χ3v) is 14.0. The summed E-state index contributed by atoms with van der Waals surface area (Å²) in [7, 11) is 3.55. The molecule has 0 spiro atoms. The number of fused-ring (bicyclic) bond motifs is 2. The third kappa shape index (κ3) is 7.95. The number of pyridine rings is 2.